The zero-order valence-electron chi connectivity index (χ0n) is 18.1. The Morgan fingerprint density at radius 1 is 1.00 bits per heavy atom. The Morgan fingerprint density at radius 2 is 1.71 bits per heavy atom. The van der Waals surface area contributed by atoms with Gasteiger partial charge in [0.05, 0.1) is 0 Å². The van der Waals surface area contributed by atoms with E-state index in [0.29, 0.717) is 24.5 Å². The van der Waals surface area contributed by atoms with Gasteiger partial charge >= 0.3 is 0 Å². The van der Waals surface area contributed by atoms with E-state index in [-0.39, 0.29) is 5.91 Å². The second kappa shape index (κ2) is 10.3. The van der Waals surface area contributed by atoms with Crippen LogP contribution in [0.4, 0.5) is 0 Å². The lowest BCUT2D eigenvalue weighted by atomic mass is 10.1. The molecule has 2 heterocycles. The Morgan fingerprint density at radius 3 is 2.39 bits per heavy atom. The fraction of sp³-hybridized carbons (Fsp3) is 0.360. The average molecular weight is 419 g/mol. The normalized spacial score (nSPS) is 14.4. The summed E-state index contributed by atoms with van der Waals surface area (Å²) < 4.78 is 7.66. The minimum atomic E-state index is -0.0898. The zero-order chi connectivity index (χ0) is 21.5. The van der Waals surface area contributed by atoms with Crippen molar-refractivity contribution in [3.63, 3.8) is 0 Å². The molecule has 0 radical (unpaired) electrons. The van der Waals surface area contributed by atoms with Crippen molar-refractivity contribution in [3.05, 3.63) is 83.4 Å². The molecule has 1 aliphatic heterocycles. The molecule has 4 rings (SSSR count). The fourth-order valence-corrected chi connectivity index (χ4v) is 3.81. The first-order chi connectivity index (χ1) is 15.2. The number of amides is 1. The third-order valence-electron chi connectivity index (χ3n) is 5.74. The summed E-state index contributed by atoms with van der Waals surface area (Å²) in [5.41, 5.74) is 3.05. The molecule has 0 aliphatic carbocycles. The number of carbonyl (C=O) groups is 1. The predicted molar refractivity (Wildman–Crippen MR) is 121 cm³/mol. The van der Waals surface area contributed by atoms with E-state index in [1.165, 1.54) is 37.9 Å². The number of aryl methyl sites for hydroxylation is 1. The van der Waals surface area contributed by atoms with Crippen LogP contribution in [0.3, 0.4) is 0 Å². The van der Waals surface area contributed by atoms with Gasteiger partial charge in [0.1, 0.15) is 18.2 Å². The van der Waals surface area contributed by atoms with Crippen molar-refractivity contribution >= 4 is 5.91 Å². The molecule has 0 bridgehead atoms. The number of carbonyl (C=O) groups excluding carboxylic acids is 1. The standard InChI is InChI=1S/C25H30N4O2/c1-28-16-13-26-24(28)19-31-23-11-9-22(10-12-23)25(30)27-17-20-5-7-21(8-6-20)18-29-14-3-2-4-15-29/h5-13,16H,2-4,14-15,17-19H2,1H3,(H,27,30). The summed E-state index contributed by atoms with van der Waals surface area (Å²) in [5.74, 6) is 1.47. The van der Waals surface area contributed by atoms with Crippen molar-refractivity contribution in [1.82, 2.24) is 19.8 Å². The minimum absolute atomic E-state index is 0.0898. The summed E-state index contributed by atoms with van der Waals surface area (Å²) in [7, 11) is 1.93. The third kappa shape index (κ3) is 5.95. The van der Waals surface area contributed by atoms with Gasteiger partial charge in [-0.25, -0.2) is 4.98 Å². The van der Waals surface area contributed by atoms with Crippen LogP contribution < -0.4 is 10.1 Å². The van der Waals surface area contributed by atoms with Gasteiger partial charge in [0, 0.05) is 38.1 Å². The number of aromatic nitrogens is 2. The molecule has 31 heavy (non-hydrogen) atoms. The molecule has 2 aromatic carbocycles. The maximum atomic E-state index is 12.5. The SMILES string of the molecule is Cn1ccnc1COc1ccc(C(=O)NCc2ccc(CN3CCCCC3)cc2)cc1. The molecule has 6 nitrogen and oxygen atoms in total. The monoisotopic (exact) mass is 418 g/mol. The van der Waals surface area contributed by atoms with Crippen molar-refractivity contribution in [2.45, 2.75) is 39.0 Å². The molecule has 6 heteroatoms. The summed E-state index contributed by atoms with van der Waals surface area (Å²) in [6.45, 7) is 4.32. The predicted octanol–water partition coefficient (Wildman–Crippen LogP) is 3.92. The Bertz CT molecular complexity index is 974. The van der Waals surface area contributed by atoms with Crippen LogP contribution in [-0.4, -0.2) is 33.4 Å². The van der Waals surface area contributed by atoms with Crippen molar-refractivity contribution in [2.24, 2.45) is 7.05 Å². The number of ether oxygens (including phenoxy) is 1. The van der Waals surface area contributed by atoms with Crippen LogP contribution in [0.15, 0.2) is 60.9 Å². The van der Waals surface area contributed by atoms with Gasteiger partial charge in [0.15, 0.2) is 0 Å². The van der Waals surface area contributed by atoms with Gasteiger partial charge in [-0.3, -0.25) is 9.69 Å². The topological polar surface area (TPSA) is 59.4 Å². The minimum Gasteiger partial charge on any atom is -0.486 e. The molecule has 1 aromatic heterocycles. The van der Waals surface area contributed by atoms with Crippen LogP contribution in [0.5, 0.6) is 5.75 Å². The number of rotatable bonds is 8. The van der Waals surface area contributed by atoms with Gasteiger partial charge in [-0.2, -0.15) is 0 Å². The summed E-state index contributed by atoms with van der Waals surface area (Å²) in [6, 6.07) is 15.7. The highest BCUT2D eigenvalue weighted by Crippen LogP contribution is 2.15. The van der Waals surface area contributed by atoms with Crippen LogP contribution in [0, 0.1) is 0 Å². The van der Waals surface area contributed by atoms with Crippen molar-refractivity contribution in [2.75, 3.05) is 13.1 Å². The first kappa shape index (κ1) is 21.1. The molecule has 1 fully saturated rings. The molecule has 1 N–H and O–H groups in total. The smallest absolute Gasteiger partial charge is 0.251 e. The van der Waals surface area contributed by atoms with E-state index < -0.39 is 0 Å². The Kier molecular flexibility index (Phi) is 6.99. The molecule has 162 valence electrons. The van der Waals surface area contributed by atoms with E-state index in [4.69, 9.17) is 4.74 Å². The first-order valence-corrected chi connectivity index (χ1v) is 10.9. The van der Waals surface area contributed by atoms with Gasteiger partial charge < -0.3 is 14.6 Å². The summed E-state index contributed by atoms with van der Waals surface area (Å²) in [4.78, 5) is 19.2. The van der Waals surface area contributed by atoms with E-state index >= 15 is 0 Å². The van der Waals surface area contributed by atoms with E-state index in [1.807, 2.05) is 29.9 Å². The van der Waals surface area contributed by atoms with Gasteiger partial charge in [-0.1, -0.05) is 30.7 Å². The van der Waals surface area contributed by atoms with Crippen LogP contribution in [-0.2, 0) is 26.7 Å². The van der Waals surface area contributed by atoms with Crippen molar-refractivity contribution < 1.29 is 9.53 Å². The number of hydrogen-bond acceptors (Lipinski definition) is 4. The Hall–Kier alpha value is -3.12. The molecule has 1 aliphatic rings. The van der Waals surface area contributed by atoms with Gasteiger partial charge in [-0.15, -0.1) is 0 Å². The largest absolute Gasteiger partial charge is 0.486 e. The van der Waals surface area contributed by atoms with Crippen LogP contribution in [0.2, 0.25) is 0 Å². The number of nitrogens with zero attached hydrogens (tertiary/aromatic N) is 3. The highest BCUT2D eigenvalue weighted by molar-refractivity contribution is 5.94. The molecular weight excluding hydrogens is 388 g/mol. The van der Waals surface area contributed by atoms with Gasteiger partial charge in [0.2, 0.25) is 0 Å². The molecule has 0 atom stereocenters. The van der Waals surface area contributed by atoms with Crippen molar-refractivity contribution in [3.8, 4) is 5.75 Å². The quantitative estimate of drug-likeness (QED) is 0.602. The van der Waals surface area contributed by atoms with Crippen LogP contribution in [0.1, 0.15) is 46.6 Å². The molecular formula is C25H30N4O2. The molecule has 1 saturated heterocycles. The van der Waals surface area contributed by atoms with Gasteiger partial charge in [0.25, 0.3) is 5.91 Å². The number of benzene rings is 2. The van der Waals surface area contributed by atoms with E-state index in [9.17, 15) is 4.79 Å². The summed E-state index contributed by atoms with van der Waals surface area (Å²) in [6.07, 6.45) is 7.60. The molecule has 0 saturated carbocycles. The van der Waals surface area contributed by atoms with Crippen LogP contribution >= 0.6 is 0 Å². The lowest BCUT2D eigenvalue weighted by Gasteiger charge is -2.26. The Labute approximate surface area is 183 Å². The summed E-state index contributed by atoms with van der Waals surface area (Å²) >= 11 is 0. The third-order valence-corrected chi connectivity index (χ3v) is 5.74. The van der Waals surface area contributed by atoms with E-state index in [0.717, 1.165) is 17.9 Å². The van der Waals surface area contributed by atoms with Crippen molar-refractivity contribution in [1.29, 1.82) is 0 Å². The highest BCUT2D eigenvalue weighted by atomic mass is 16.5. The van der Waals surface area contributed by atoms with E-state index in [2.05, 4.69) is 39.5 Å². The zero-order valence-corrected chi connectivity index (χ0v) is 18.1. The highest BCUT2D eigenvalue weighted by Gasteiger charge is 2.10. The molecule has 1 amide bonds. The number of piperidine rings is 1. The molecule has 0 unspecified atom stereocenters. The number of hydrogen-bond donors (Lipinski definition) is 1. The molecule has 0 spiro atoms. The maximum Gasteiger partial charge on any atom is 0.251 e. The number of imidazole rings is 1. The lowest BCUT2D eigenvalue weighted by molar-refractivity contribution is 0.0951. The second-order valence-electron chi connectivity index (χ2n) is 8.10. The van der Waals surface area contributed by atoms with Crippen LogP contribution in [0.25, 0.3) is 0 Å². The average Bonchev–Trinajstić information content (AvgIpc) is 3.22. The maximum absolute atomic E-state index is 12.5. The second-order valence-corrected chi connectivity index (χ2v) is 8.10. The first-order valence-electron chi connectivity index (χ1n) is 10.9. The number of nitrogens with one attached hydrogen (secondary N) is 1. The van der Waals surface area contributed by atoms with Gasteiger partial charge in [-0.05, 0) is 61.3 Å². The van der Waals surface area contributed by atoms with E-state index in [1.54, 1.807) is 18.3 Å². The number of likely N-dealkylation sites (tertiary alicyclic amines) is 1. The molecule has 3 aromatic rings. The summed E-state index contributed by atoms with van der Waals surface area (Å²) in [5, 5.41) is 2.99. The Balaban J connectivity index is 1.24. The lowest BCUT2D eigenvalue weighted by Crippen LogP contribution is -2.29. The fourth-order valence-electron chi connectivity index (χ4n) is 3.81.